The van der Waals surface area contributed by atoms with E-state index in [9.17, 15) is 14.4 Å². The molecule has 8 nitrogen and oxygen atoms in total. The smallest absolute Gasteiger partial charge is 0.247 e. The van der Waals surface area contributed by atoms with E-state index in [1.807, 2.05) is 41.3 Å². The number of carbonyl (C=O) groups is 3. The number of rotatable bonds is 4. The molecule has 0 saturated carbocycles. The lowest BCUT2D eigenvalue weighted by molar-refractivity contribution is -0.144. The zero-order valence-corrected chi connectivity index (χ0v) is 17.4. The number of piperazine rings is 1. The Hall–Kier alpha value is -2.71. The van der Waals surface area contributed by atoms with Crippen molar-refractivity contribution in [1.29, 1.82) is 0 Å². The molecule has 3 saturated heterocycles. The van der Waals surface area contributed by atoms with E-state index in [1.54, 1.807) is 16.8 Å². The van der Waals surface area contributed by atoms with Crippen molar-refractivity contribution in [3.05, 3.63) is 43.0 Å². The maximum atomic E-state index is 13.5. The molecule has 3 aliphatic heterocycles. The van der Waals surface area contributed by atoms with Crippen LogP contribution in [0, 0.1) is 11.8 Å². The van der Waals surface area contributed by atoms with Gasteiger partial charge in [0.2, 0.25) is 17.7 Å². The molecule has 4 rings (SSSR count). The van der Waals surface area contributed by atoms with Crippen LogP contribution in [0.5, 0.6) is 0 Å². The van der Waals surface area contributed by atoms with Crippen LogP contribution in [0.25, 0.3) is 0 Å². The average Bonchev–Trinajstić information content (AvgIpc) is 3.10. The van der Waals surface area contributed by atoms with Gasteiger partial charge < -0.3 is 9.80 Å². The average molecular weight is 412 g/mol. The summed E-state index contributed by atoms with van der Waals surface area (Å²) in [4.78, 5) is 44.0. The van der Waals surface area contributed by atoms with Crippen molar-refractivity contribution in [2.75, 3.05) is 50.8 Å². The summed E-state index contributed by atoms with van der Waals surface area (Å²) >= 11 is 0. The minimum absolute atomic E-state index is 0.000777. The molecule has 3 atom stereocenters. The largest absolute Gasteiger partial charge is 0.339 e. The number of anilines is 1. The number of benzene rings is 1. The number of nitrogens with zero attached hydrogens (tertiary/aromatic N) is 4. The number of para-hydroxylation sites is 1. The van der Waals surface area contributed by atoms with Gasteiger partial charge in [-0.2, -0.15) is 0 Å². The molecule has 0 radical (unpaired) electrons. The fraction of sp³-hybridized carbons (Fsp3) is 0.500. The number of piperidine rings is 1. The monoisotopic (exact) mass is 411 g/mol. The predicted molar refractivity (Wildman–Crippen MR) is 113 cm³/mol. The van der Waals surface area contributed by atoms with Crippen molar-refractivity contribution in [3.8, 4) is 0 Å². The quantitative estimate of drug-likeness (QED) is 0.723. The standard InChI is InChI=1S/C22H29N5O3/c1-3-9-24-14-18(21(29)26-12-10-25(11-13-26)16(2)28)20-19(15-24)22(30)27(23-20)17-7-5-4-6-8-17/h3-8,18-20,23H,1,9-15H2,2H3. The van der Waals surface area contributed by atoms with Crippen LogP contribution in [0.3, 0.4) is 0 Å². The van der Waals surface area contributed by atoms with E-state index < -0.39 is 0 Å². The summed E-state index contributed by atoms with van der Waals surface area (Å²) in [6, 6.07) is 9.25. The van der Waals surface area contributed by atoms with Crippen LogP contribution in [0.4, 0.5) is 5.69 Å². The van der Waals surface area contributed by atoms with Gasteiger partial charge in [0, 0.05) is 52.7 Å². The van der Waals surface area contributed by atoms with Gasteiger partial charge in [0.1, 0.15) is 0 Å². The molecule has 0 bridgehead atoms. The lowest BCUT2D eigenvalue weighted by atomic mass is 9.83. The van der Waals surface area contributed by atoms with Crippen LogP contribution in [0.2, 0.25) is 0 Å². The molecule has 8 heteroatoms. The fourth-order valence-electron chi connectivity index (χ4n) is 4.75. The Kier molecular flexibility index (Phi) is 5.87. The highest BCUT2D eigenvalue weighted by molar-refractivity contribution is 5.98. The number of amides is 3. The number of nitrogens with one attached hydrogen (secondary N) is 1. The van der Waals surface area contributed by atoms with Crippen LogP contribution in [0.1, 0.15) is 6.92 Å². The summed E-state index contributed by atoms with van der Waals surface area (Å²) in [5.41, 5.74) is 4.12. The summed E-state index contributed by atoms with van der Waals surface area (Å²) in [5, 5.41) is 1.60. The Labute approximate surface area is 177 Å². The fourth-order valence-corrected chi connectivity index (χ4v) is 4.75. The van der Waals surface area contributed by atoms with E-state index >= 15 is 0 Å². The van der Waals surface area contributed by atoms with E-state index in [-0.39, 0.29) is 35.6 Å². The zero-order valence-electron chi connectivity index (χ0n) is 17.4. The highest BCUT2D eigenvalue weighted by atomic mass is 16.2. The Morgan fingerprint density at radius 2 is 1.77 bits per heavy atom. The number of likely N-dealkylation sites (tertiary alicyclic amines) is 1. The first-order valence-corrected chi connectivity index (χ1v) is 10.5. The number of hydrogen-bond acceptors (Lipinski definition) is 5. The van der Waals surface area contributed by atoms with Crippen LogP contribution in [0.15, 0.2) is 43.0 Å². The van der Waals surface area contributed by atoms with Crippen molar-refractivity contribution in [2.24, 2.45) is 11.8 Å². The molecular formula is C22H29N5O3. The molecule has 1 aromatic carbocycles. The molecule has 0 spiro atoms. The molecule has 3 amide bonds. The van der Waals surface area contributed by atoms with Crippen LogP contribution in [-0.4, -0.2) is 84.3 Å². The number of hydrogen-bond donors (Lipinski definition) is 1. The van der Waals surface area contributed by atoms with Gasteiger partial charge in [-0.15, -0.1) is 6.58 Å². The van der Waals surface area contributed by atoms with Crippen LogP contribution >= 0.6 is 0 Å². The normalized spacial score (nSPS) is 27.2. The molecule has 30 heavy (non-hydrogen) atoms. The second kappa shape index (κ2) is 8.57. The molecule has 1 N–H and O–H groups in total. The summed E-state index contributed by atoms with van der Waals surface area (Å²) < 4.78 is 0. The maximum absolute atomic E-state index is 13.5. The molecule has 0 aliphatic carbocycles. The van der Waals surface area contributed by atoms with Gasteiger partial charge in [-0.05, 0) is 12.1 Å². The van der Waals surface area contributed by atoms with E-state index in [0.29, 0.717) is 45.8 Å². The highest BCUT2D eigenvalue weighted by Gasteiger charge is 2.51. The van der Waals surface area contributed by atoms with E-state index in [0.717, 1.165) is 5.69 Å². The third kappa shape index (κ3) is 3.85. The molecule has 0 aromatic heterocycles. The Bertz CT molecular complexity index is 821. The molecule has 3 unspecified atom stereocenters. The van der Waals surface area contributed by atoms with E-state index in [1.165, 1.54) is 0 Å². The second-order valence-electron chi connectivity index (χ2n) is 8.22. The highest BCUT2D eigenvalue weighted by Crippen LogP contribution is 2.32. The molecule has 3 heterocycles. The second-order valence-corrected chi connectivity index (χ2v) is 8.22. The lowest BCUT2D eigenvalue weighted by Gasteiger charge is -2.42. The van der Waals surface area contributed by atoms with E-state index in [4.69, 9.17) is 0 Å². The maximum Gasteiger partial charge on any atom is 0.247 e. The van der Waals surface area contributed by atoms with Gasteiger partial charge in [-0.25, -0.2) is 10.4 Å². The predicted octanol–water partition coefficient (Wildman–Crippen LogP) is 0.331. The summed E-state index contributed by atoms with van der Waals surface area (Å²) in [5.74, 6) is -0.522. The Balaban J connectivity index is 1.54. The molecule has 1 aromatic rings. The number of carbonyl (C=O) groups excluding carboxylic acids is 3. The van der Waals surface area contributed by atoms with Crippen molar-refractivity contribution >= 4 is 23.4 Å². The molecule has 3 fully saturated rings. The van der Waals surface area contributed by atoms with Crippen molar-refractivity contribution in [1.82, 2.24) is 20.1 Å². The van der Waals surface area contributed by atoms with E-state index in [2.05, 4.69) is 16.9 Å². The van der Waals surface area contributed by atoms with Gasteiger partial charge in [-0.3, -0.25) is 19.3 Å². The van der Waals surface area contributed by atoms with Crippen molar-refractivity contribution in [2.45, 2.75) is 13.0 Å². The first-order chi connectivity index (χ1) is 14.5. The number of fused-ring (bicyclic) bond motifs is 1. The minimum Gasteiger partial charge on any atom is -0.339 e. The lowest BCUT2D eigenvalue weighted by Crippen LogP contribution is -2.60. The minimum atomic E-state index is -0.328. The topological polar surface area (TPSA) is 76.2 Å². The van der Waals surface area contributed by atoms with Crippen molar-refractivity contribution in [3.63, 3.8) is 0 Å². The zero-order chi connectivity index (χ0) is 21.3. The SMILES string of the molecule is C=CCN1CC(C(=O)N2CCN(C(C)=O)CC2)C2NN(c3ccccc3)C(=O)C2C1. The van der Waals surface area contributed by atoms with Gasteiger partial charge in [-0.1, -0.05) is 24.3 Å². The molecule has 3 aliphatic rings. The summed E-state index contributed by atoms with van der Waals surface area (Å²) in [6.07, 6.45) is 1.81. The molecule has 160 valence electrons. The van der Waals surface area contributed by atoms with Gasteiger partial charge >= 0.3 is 0 Å². The molecular weight excluding hydrogens is 382 g/mol. The third-order valence-electron chi connectivity index (χ3n) is 6.35. The number of hydrazine groups is 1. The van der Waals surface area contributed by atoms with Gasteiger partial charge in [0.05, 0.1) is 23.6 Å². The first kappa shape index (κ1) is 20.6. The van der Waals surface area contributed by atoms with Gasteiger partial charge in [0.15, 0.2) is 0 Å². The van der Waals surface area contributed by atoms with Crippen LogP contribution < -0.4 is 10.4 Å². The van der Waals surface area contributed by atoms with Crippen molar-refractivity contribution < 1.29 is 14.4 Å². The van der Waals surface area contributed by atoms with Gasteiger partial charge in [0.25, 0.3) is 0 Å². The first-order valence-electron chi connectivity index (χ1n) is 10.5. The third-order valence-corrected chi connectivity index (χ3v) is 6.35. The summed E-state index contributed by atoms with van der Waals surface area (Å²) in [7, 11) is 0. The Morgan fingerprint density at radius 3 is 2.40 bits per heavy atom. The Morgan fingerprint density at radius 1 is 1.10 bits per heavy atom. The summed E-state index contributed by atoms with van der Waals surface area (Å²) in [6.45, 7) is 9.39. The van der Waals surface area contributed by atoms with Crippen LogP contribution in [-0.2, 0) is 14.4 Å².